The van der Waals surface area contributed by atoms with Gasteiger partial charge < -0.3 is 4.90 Å². The lowest BCUT2D eigenvalue weighted by molar-refractivity contribution is -0.132. The van der Waals surface area contributed by atoms with Gasteiger partial charge in [0.05, 0.1) is 19.0 Å². The van der Waals surface area contributed by atoms with Crippen LogP contribution in [-0.2, 0) is 17.8 Å². The van der Waals surface area contributed by atoms with E-state index in [-0.39, 0.29) is 18.1 Å². The number of hydrogen-bond acceptors (Lipinski definition) is 5. The first-order valence-electron chi connectivity index (χ1n) is 8.71. The Bertz CT molecular complexity index is 751. The zero-order valence-electron chi connectivity index (χ0n) is 14.0. The number of amides is 1. The van der Waals surface area contributed by atoms with Gasteiger partial charge >= 0.3 is 0 Å². The molecular weight excluding hydrogens is 323 g/mol. The molecule has 1 saturated heterocycles. The zero-order valence-corrected chi connectivity index (χ0v) is 14.0. The number of rotatable bonds is 5. The molecule has 4 rings (SSSR count). The summed E-state index contributed by atoms with van der Waals surface area (Å²) in [6.45, 7) is 3.57. The number of piperazine rings is 1. The Morgan fingerprint density at radius 3 is 2.64 bits per heavy atom. The molecule has 0 spiro atoms. The minimum atomic E-state index is -0.318. The van der Waals surface area contributed by atoms with E-state index in [2.05, 4.69) is 20.4 Å². The Kier molecular flexibility index (Phi) is 4.44. The molecule has 1 aromatic heterocycles. The van der Waals surface area contributed by atoms with Gasteiger partial charge in [-0.1, -0.05) is 18.2 Å². The maximum absolute atomic E-state index is 13.7. The molecule has 2 heterocycles. The number of aromatic nitrogens is 4. The van der Waals surface area contributed by atoms with Crippen molar-refractivity contribution in [3.63, 3.8) is 0 Å². The molecule has 0 atom stereocenters. The SMILES string of the molecule is O=C(Cc1ccccc1F)N1CCN(Cc2nnnn2C2CC2)CC1. The van der Waals surface area contributed by atoms with E-state index in [0.29, 0.717) is 31.2 Å². The number of carbonyl (C=O) groups excluding carboxylic acids is 1. The normalized spacial score (nSPS) is 18.5. The van der Waals surface area contributed by atoms with E-state index in [1.807, 2.05) is 9.58 Å². The van der Waals surface area contributed by atoms with Crippen molar-refractivity contribution in [2.24, 2.45) is 0 Å². The van der Waals surface area contributed by atoms with Gasteiger partial charge in [0.1, 0.15) is 5.82 Å². The Labute approximate surface area is 145 Å². The molecule has 2 aliphatic rings. The predicted molar refractivity (Wildman–Crippen MR) is 88.0 cm³/mol. The van der Waals surface area contributed by atoms with Crippen LogP contribution in [0, 0.1) is 5.82 Å². The van der Waals surface area contributed by atoms with Gasteiger partial charge in [-0.3, -0.25) is 9.69 Å². The molecule has 1 amide bonds. The van der Waals surface area contributed by atoms with E-state index < -0.39 is 0 Å². The fraction of sp³-hybridized carbons (Fsp3) is 0.529. The molecule has 1 aromatic carbocycles. The topological polar surface area (TPSA) is 67.2 Å². The number of tetrazole rings is 1. The van der Waals surface area contributed by atoms with Crippen LogP contribution in [-0.4, -0.2) is 62.1 Å². The monoisotopic (exact) mass is 344 g/mol. The third-order valence-electron chi connectivity index (χ3n) is 4.84. The van der Waals surface area contributed by atoms with Crippen molar-refractivity contribution in [3.8, 4) is 0 Å². The molecule has 132 valence electrons. The van der Waals surface area contributed by atoms with Gasteiger partial charge in [-0.15, -0.1) is 5.10 Å². The van der Waals surface area contributed by atoms with Crippen molar-refractivity contribution >= 4 is 5.91 Å². The van der Waals surface area contributed by atoms with Crippen LogP contribution in [0.15, 0.2) is 24.3 Å². The summed E-state index contributed by atoms with van der Waals surface area (Å²) in [4.78, 5) is 16.5. The van der Waals surface area contributed by atoms with E-state index in [1.54, 1.807) is 18.2 Å². The number of halogens is 1. The van der Waals surface area contributed by atoms with Gasteiger partial charge in [0.25, 0.3) is 0 Å². The predicted octanol–water partition coefficient (Wildman–Crippen LogP) is 1.03. The van der Waals surface area contributed by atoms with E-state index >= 15 is 0 Å². The summed E-state index contributed by atoms with van der Waals surface area (Å²) < 4.78 is 15.6. The highest BCUT2D eigenvalue weighted by molar-refractivity contribution is 5.79. The Hall–Kier alpha value is -2.35. The molecule has 0 radical (unpaired) electrons. The molecule has 2 aromatic rings. The first-order valence-corrected chi connectivity index (χ1v) is 8.71. The van der Waals surface area contributed by atoms with Crippen molar-refractivity contribution in [3.05, 3.63) is 41.5 Å². The lowest BCUT2D eigenvalue weighted by Gasteiger charge is -2.34. The van der Waals surface area contributed by atoms with Gasteiger partial charge in [0.2, 0.25) is 5.91 Å². The zero-order chi connectivity index (χ0) is 17.2. The Morgan fingerprint density at radius 1 is 1.16 bits per heavy atom. The molecule has 2 fully saturated rings. The summed E-state index contributed by atoms with van der Waals surface area (Å²) in [5, 5.41) is 12.0. The highest BCUT2D eigenvalue weighted by Crippen LogP contribution is 2.34. The Balaban J connectivity index is 1.30. The lowest BCUT2D eigenvalue weighted by Crippen LogP contribution is -2.49. The molecular formula is C17H21FN6O. The maximum Gasteiger partial charge on any atom is 0.227 e. The van der Waals surface area contributed by atoms with Crippen LogP contribution < -0.4 is 0 Å². The number of benzene rings is 1. The summed E-state index contributed by atoms with van der Waals surface area (Å²) in [6, 6.07) is 6.92. The van der Waals surface area contributed by atoms with Crippen LogP contribution in [0.2, 0.25) is 0 Å². The van der Waals surface area contributed by atoms with Crippen molar-refractivity contribution in [1.82, 2.24) is 30.0 Å². The molecule has 1 aliphatic carbocycles. The van der Waals surface area contributed by atoms with Gasteiger partial charge in [-0.2, -0.15) is 0 Å². The molecule has 7 nitrogen and oxygen atoms in total. The molecule has 0 N–H and O–H groups in total. The second-order valence-corrected chi connectivity index (χ2v) is 6.70. The standard InChI is InChI=1S/C17H21FN6O/c18-15-4-2-1-3-13(15)11-17(25)23-9-7-22(8-10-23)12-16-19-20-21-24(16)14-5-6-14/h1-4,14H,5-12H2. The van der Waals surface area contributed by atoms with E-state index in [9.17, 15) is 9.18 Å². The molecule has 1 aliphatic heterocycles. The van der Waals surface area contributed by atoms with Crippen molar-refractivity contribution in [2.45, 2.75) is 31.8 Å². The summed E-state index contributed by atoms with van der Waals surface area (Å²) in [5.41, 5.74) is 0.457. The van der Waals surface area contributed by atoms with Crippen LogP contribution in [0.1, 0.15) is 30.3 Å². The van der Waals surface area contributed by atoms with Crippen LogP contribution in [0.4, 0.5) is 4.39 Å². The number of hydrogen-bond donors (Lipinski definition) is 0. The van der Waals surface area contributed by atoms with Crippen LogP contribution >= 0.6 is 0 Å². The second kappa shape index (κ2) is 6.87. The highest BCUT2D eigenvalue weighted by Gasteiger charge is 2.29. The van der Waals surface area contributed by atoms with Crippen molar-refractivity contribution in [1.29, 1.82) is 0 Å². The fourth-order valence-corrected chi connectivity index (χ4v) is 3.19. The quantitative estimate of drug-likeness (QED) is 0.811. The minimum absolute atomic E-state index is 0.0208. The van der Waals surface area contributed by atoms with Crippen LogP contribution in [0.25, 0.3) is 0 Å². The molecule has 8 heteroatoms. The van der Waals surface area contributed by atoms with Crippen molar-refractivity contribution < 1.29 is 9.18 Å². The number of nitrogens with zero attached hydrogens (tertiary/aromatic N) is 6. The Morgan fingerprint density at radius 2 is 1.92 bits per heavy atom. The van der Waals surface area contributed by atoms with Gasteiger partial charge in [0, 0.05) is 26.2 Å². The van der Waals surface area contributed by atoms with Gasteiger partial charge in [-0.05, 0) is 34.9 Å². The lowest BCUT2D eigenvalue weighted by atomic mass is 10.1. The molecule has 0 unspecified atom stereocenters. The third kappa shape index (κ3) is 3.68. The summed E-state index contributed by atoms with van der Waals surface area (Å²) in [5.74, 6) is 0.558. The summed E-state index contributed by atoms with van der Waals surface area (Å²) >= 11 is 0. The van der Waals surface area contributed by atoms with E-state index in [0.717, 1.165) is 31.8 Å². The second-order valence-electron chi connectivity index (χ2n) is 6.70. The van der Waals surface area contributed by atoms with E-state index in [4.69, 9.17) is 0 Å². The molecule has 0 bridgehead atoms. The highest BCUT2D eigenvalue weighted by atomic mass is 19.1. The molecule has 1 saturated carbocycles. The van der Waals surface area contributed by atoms with Crippen molar-refractivity contribution in [2.75, 3.05) is 26.2 Å². The van der Waals surface area contributed by atoms with Gasteiger partial charge in [-0.25, -0.2) is 9.07 Å². The fourth-order valence-electron chi connectivity index (χ4n) is 3.19. The molecule has 25 heavy (non-hydrogen) atoms. The third-order valence-corrected chi connectivity index (χ3v) is 4.84. The van der Waals surface area contributed by atoms with Crippen LogP contribution in [0.3, 0.4) is 0 Å². The van der Waals surface area contributed by atoms with Crippen LogP contribution in [0.5, 0.6) is 0 Å². The van der Waals surface area contributed by atoms with E-state index in [1.165, 1.54) is 6.07 Å². The number of carbonyl (C=O) groups is 1. The maximum atomic E-state index is 13.7. The first kappa shape index (κ1) is 16.1. The largest absolute Gasteiger partial charge is 0.340 e. The smallest absolute Gasteiger partial charge is 0.227 e. The minimum Gasteiger partial charge on any atom is -0.340 e. The summed E-state index contributed by atoms with van der Waals surface area (Å²) in [6.07, 6.45) is 2.42. The first-order chi connectivity index (χ1) is 12.2. The summed E-state index contributed by atoms with van der Waals surface area (Å²) in [7, 11) is 0. The average molecular weight is 344 g/mol. The average Bonchev–Trinajstić information content (AvgIpc) is 3.37. The van der Waals surface area contributed by atoms with Gasteiger partial charge in [0.15, 0.2) is 5.82 Å².